The van der Waals surface area contributed by atoms with Gasteiger partial charge in [-0.2, -0.15) is 23.2 Å². The van der Waals surface area contributed by atoms with Crippen molar-refractivity contribution in [3.63, 3.8) is 0 Å². The Balaban J connectivity index is 1.39. The molecule has 1 atom stereocenters. The molecule has 0 aliphatic carbocycles. The van der Waals surface area contributed by atoms with Gasteiger partial charge in [-0.05, 0) is 42.8 Å². The van der Waals surface area contributed by atoms with Gasteiger partial charge in [-0.25, -0.2) is 9.31 Å². The highest BCUT2D eigenvalue weighted by atomic mass is 19.4. The largest absolute Gasteiger partial charge is 0.416 e. The van der Waals surface area contributed by atoms with Gasteiger partial charge in [0.1, 0.15) is 0 Å². The number of halogens is 3. The summed E-state index contributed by atoms with van der Waals surface area (Å²) in [4.78, 5) is 27.0. The van der Waals surface area contributed by atoms with Crippen molar-refractivity contribution < 1.29 is 22.8 Å². The van der Waals surface area contributed by atoms with Gasteiger partial charge in [-0.1, -0.05) is 12.1 Å². The van der Waals surface area contributed by atoms with E-state index >= 15 is 0 Å². The fraction of sp³-hybridized carbons (Fsp3) is 0.217. The van der Waals surface area contributed by atoms with Gasteiger partial charge in [-0.15, -0.1) is 5.10 Å². The Bertz CT molecular complexity index is 1420. The van der Waals surface area contributed by atoms with Crippen LogP contribution in [0.3, 0.4) is 0 Å². The van der Waals surface area contributed by atoms with Crippen molar-refractivity contribution in [3.05, 3.63) is 71.7 Å². The number of anilines is 2. The molecule has 180 valence electrons. The second-order valence-electron chi connectivity index (χ2n) is 8.06. The van der Waals surface area contributed by atoms with Crippen LogP contribution in [0.5, 0.6) is 0 Å². The monoisotopic (exact) mass is 483 g/mol. The molecular formula is C23H20F3N7O2. The zero-order valence-corrected chi connectivity index (χ0v) is 18.5. The number of nitrogens with one attached hydrogen (secondary N) is 1. The van der Waals surface area contributed by atoms with Gasteiger partial charge in [0.25, 0.3) is 0 Å². The Morgan fingerprint density at radius 1 is 1.20 bits per heavy atom. The summed E-state index contributed by atoms with van der Waals surface area (Å²) in [6.45, 7) is 1.93. The highest BCUT2D eigenvalue weighted by Crippen LogP contribution is 2.35. The van der Waals surface area contributed by atoms with Gasteiger partial charge in [0.2, 0.25) is 5.95 Å². The Morgan fingerprint density at radius 3 is 2.83 bits per heavy atom. The number of carbonyl (C=O) groups excluding carboxylic acids is 1. The van der Waals surface area contributed by atoms with E-state index in [4.69, 9.17) is 10.6 Å². The van der Waals surface area contributed by atoms with Crippen molar-refractivity contribution in [2.45, 2.75) is 25.6 Å². The van der Waals surface area contributed by atoms with E-state index in [0.29, 0.717) is 34.6 Å². The molecule has 35 heavy (non-hydrogen) atoms. The molecular weight excluding hydrogens is 463 g/mol. The van der Waals surface area contributed by atoms with Crippen molar-refractivity contribution in [2.24, 2.45) is 0 Å². The number of hydrogen-bond acceptors (Lipinski definition) is 6. The van der Waals surface area contributed by atoms with Gasteiger partial charge in [-0.3, -0.25) is 9.82 Å². The van der Waals surface area contributed by atoms with Crippen LogP contribution in [0, 0.1) is 6.92 Å². The Morgan fingerprint density at radius 2 is 2.03 bits per heavy atom. The first kappa shape index (κ1) is 22.6. The standard InChI is InChI=1S/C23H20F3N7O2/c1-13-18(10-16(11-28-13)15-5-6-20-30-21(27)31-32(20)12-15)29-22(34)33-19(7-8-35-33)14-3-2-4-17(9-14)23(24,25)26/h2-6,9-12,19H,7-8H2,1H3,(H2,27,31)(H,29,34). The molecule has 3 aromatic heterocycles. The summed E-state index contributed by atoms with van der Waals surface area (Å²) >= 11 is 0. The summed E-state index contributed by atoms with van der Waals surface area (Å²) < 4.78 is 41.0. The Labute approximate surface area is 197 Å². The van der Waals surface area contributed by atoms with Crippen LogP contribution < -0.4 is 11.1 Å². The van der Waals surface area contributed by atoms with Crippen LogP contribution in [0.15, 0.2) is 54.9 Å². The number of carbonyl (C=O) groups is 1. The normalized spacial score (nSPS) is 16.1. The lowest BCUT2D eigenvalue weighted by Crippen LogP contribution is -2.33. The molecule has 1 aliphatic rings. The zero-order chi connectivity index (χ0) is 24.7. The second-order valence-corrected chi connectivity index (χ2v) is 8.06. The molecule has 1 fully saturated rings. The number of nitrogen functional groups attached to an aromatic ring is 1. The lowest BCUT2D eigenvalue weighted by atomic mass is 10.0. The van der Waals surface area contributed by atoms with E-state index < -0.39 is 23.8 Å². The first-order valence-corrected chi connectivity index (χ1v) is 10.7. The number of nitrogens with two attached hydrogens (primary N) is 1. The fourth-order valence-corrected chi connectivity index (χ4v) is 3.95. The highest BCUT2D eigenvalue weighted by Gasteiger charge is 2.35. The number of aryl methyl sites for hydroxylation is 1. The van der Waals surface area contributed by atoms with Crippen LogP contribution in [-0.4, -0.2) is 37.3 Å². The lowest BCUT2D eigenvalue weighted by Gasteiger charge is -2.24. The van der Waals surface area contributed by atoms with Crippen molar-refractivity contribution in [3.8, 4) is 11.1 Å². The first-order valence-electron chi connectivity index (χ1n) is 10.7. The number of fused-ring (bicyclic) bond motifs is 1. The third-order valence-corrected chi connectivity index (χ3v) is 5.71. The number of aromatic nitrogens is 4. The van der Waals surface area contributed by atoms with E-state index in [2.05, 4.69) is 20.4 Å². The molecule has 4 heterocycles. The molecule has 0 bridgehead atoms. The van der Waals surface area contributed by atoms with Gasteiger partial charge in [0, 0.05) is 29.9 Å². The van der Waals surface area contributed by atoms with E-state index in [1.165, 1.54) is 6.07 Å². The number of benzene rings is 1. The summed E-state index contributed by atoms with van der Waals surface area (Å²) in [5.41, 5.74) is 8.27. The van der Waals surface area contributed by atoms with Crippen LogP contribution in [0.1, 0.15) is 29.3 Å². The average Bonchev–Trinajstić information content (AvgIpc) is 3.45. The SMILES string of the molecule is Cc1ncc(-c2ccc3nc(N)nn3c2)cc1NC(=O)N1OCCC1c1cccc(C(F)(F)F)c1. The summed E-state index contributed by atoms with van der Waals surface area (Å²) in [5.74, 6) is 0.151. The molecule has 1 aromatic carbocycles. The van der Waals surface area contributed by atoms with Crippen molar-refractivity contribution in [1.82, 2.24) is 24.6 Å². The lowest BCUT2D eigenvalue weighted by molar-refractivity contribution is -0.137. The van der Waals surface area contributed by atoms with Gasteiger partial charge in [0.15, 0.2) is 5.65 Å². The first-order chi connectivity index (χ1) is 16.7. The summed E-state index contributed by atoms with van der Waals surface area (Å²) in [5, 5.41) is 7.94. The third-order valence-electron chi connectivity index (χ3n) is 5.71. The van der Waals surface area contributed by atoms with Crippen LogP contribution in [0.4, 0.5) is 29.6 Å². The number of pyridine rings is 2. The predicted molar refractivity (Wildman–Crippen MR) is 121 cm³/mol. The quantitative estimate of drug-likeness (QED) is 0.440. The van der Waals surface area contributed by atoms with E-state index in [9.17, 15) is 18.0 Å². The number of alkyl halides is 3. The summed E-state index contributed by atoms with van der Waals surface area (Å²) in [7, 11) is 0. The Kier molecular flexibility index (Phi) is 5.52. The fourth-order valence-electron chi connectivity index (χ4n) is 3.95. The molecule has 9 nitrogen and oxygen atoms in total. The van der Waals surface area contributed by atoms with E-state index in [-0.39, 0.29) is 12.6 Å². The number of nitrogens with zero attached hydrogens (tertiary/aromatic N) is 5. The third kappa shape index (κ3) is 4.47. The number of hydrogen-bond donors (Lipinski definition) is 2. The smallest absolute Gasteiger partial charge is 0.366 e. The molecule has 2 amide bonds. The average molecular weight is 483 g/mol. The number of hydroxylamine groups is 2. The Hall–Kier alpha value is -4.19. The molecule has 3 N–H and O–H groups in total. The van der Waals surface area contributed by atoms with Crippen molar-refractivity contribution in [1.29, 1.82) is 0 Å². The number of amides is 2. The molecule has 1 aliphatic heterocycles. The maximum atomic E-state index is 13.2. The van der Waals surface area contributed by atoms with Gasteiger partial charge >= 0.3 is 12.2 Å². The highest BCUT2D eigenvalue weighted by molar-refractivity contribution is 5.90. The summed E-state index contributed by atoms with van der Waals surface area (Å²) in [6.07, 6.45) is -0.714. The minimum atomic E-state index is -4.48. The van der Waals surface area contributed by atoms with Crippen LogP contribution in [0.2, 0.25) is 0 Å². The van der Waals surface area contributed by atoms with Crippen LogP contribution >= 0.6 is 0 Å². The molecule has 0 saturated carbocycles. The van der Waals surface area contributed by atoms with E-state index in [1.807, 2.05) is 6.07 Å². The van der Waals surface area contributed by atoms with E-state index in [1.54, 1.807) is 42.0 Å². The molecule has 0 radical (unpaired) electrons. The van der Waals surface area contributed by atoms with Crippen molar-refractivity contribution >= 4 is 23.3 Å². The van der Waals surface area contributed by atoms with Crippen molar-refractivity contribution in [2.75, 3.05) is 17.7 Å². The minimum absolute atomic E-state index is 0.151. The molecule has 5 rings (SSSR count). The second kappa shape index (κ2) is 8.55. The zero-order valence-electron chi connectivity index (χ0n) is 18.5. The molecule has 4 aromatic rings. The van der Waals surface area contributed by atoms with Gasteiger partial charge < -0.3 is 11.1 Å². The molecule has 1 saturated heterocycles. The maximum Gasteiger partial charge on any atom is 0.416 e. The predicted octanol–water partition coefficient (Wildman–Crippen LogP) is 4.61. The maximum absolute atomic E-state index is 13.2. The minimum Gasteiger partial charge on any atom is -0.366 e. The van der Waals surface area contributed by atoms with Crippen LogP contribution in [-0.2, 0) is 11.0 Å². The van der Waals surface area contributed by atoms with Crippen LogP contribution in [0.25, 0.3) is 16.8 Å². The number of rotatable bonds is 3. The van der Waals surface area contributed by atoms with E-state index in [0.717, 1.165) is 22.8 Å². The summed E-state index contributed by atoms with van der Waals surface area (Å²) in [6, 6.07) is 8.98. The molecule has 0 spiro atoms. The molecule has 12 heteroatoms. The van der Waals surface area contributed by atoms with Gasteiger partial charge in [0.05, 0.1) is 29.6 Å². The molecule has 1 unspecified atom stereocenters. The number of urea groups is 1. The topological polar surface area (TPSA) is 111 Å².